The maximum atomic E-state index is 14.0. The molecule has 0 radical (unpaired) electrons. The summed E-state index contributed by atoms with van der Waals surface area (Å²) in [7, 11) is -3.79. The SMILES string of the molecule is CC(C)Oc1ccc(C[C@@H](CCNS(=O)(=O)c2c(C(C)C)cc(C(C)C)cc2C(C)C)c2ccc(NC(=O)OC(C)(C)C)cc2)cc1. The fourth-order valence-electron chi connectivity index (χ4n) is 5.55. The highest BCUT2D eigenvalue weighted by molar-refractivity contribution is 7.89. The van der Waals surface area contributed by atoms with Crippen molar-refractivity contribution in [1.29, 1.82) is 0 Å². The molecule has 8 heteroatoms. The molecule has 0 spiro atoms. The lowest BCUT2D eigenvalue weighted by atomic mass is 9.89. The van der Waals surface area contributed by atoms with Gasteiger partial charge in [0.05, 0.1) is 11.0 Å². The Morgan fingerprint density at radius 3 is 1.79 bits per heavy atom. The molecule has 47 heavy (non-hydrogen) atoms. The minimum Gasteiger partial charge on any atom is -0.491 e. The van der Waals surface area contributed by atoms with Gasteiger partial charge in [0.2, 0.25) is 10.0 Å². The summed E-state index contributed by atoms with van der Waals surface area (Å²) in [6.07, 6.45) is 0.867. The summed E-state index contributed by atoms with van der Waals surface area (Å²) in [6, 6.07) is 19.9. The number of anilines is 1. The lowest BCUT2D eigenvalue weighted by molar-refractivity contribution is 0.0636. The van der Waals surface area contributed by atoms with E-state index in [1.807, 2.05) is 71.0 Å². The average molecular weight is 665 g/mol. The summed E-state index contributed by atoms with van der Waals surface area (Å²) in [5.41, 5.74) is 5.09. The molecule has 258 valence electrons. The minimum absolute atomic E-state index is 0.0163. The molecule has 1 amide bonds. The third-order valence-electron chi connectivity index (χ3n) is 7.94. The van der Waals surface area contributed by atoms with Gasteiger partial charge >= 0.3 is 6.09 Å². The molecule has 0 saturated carbocycles. The van der Waals surface area contributed by atoms with Crippen LogP contribution in [0.2, 0.25) is 0 Å². The van der Waals surface area contributed by atoms with Crippen LogP contribution in [0.5, 0.6) is 5.75 Å². The predicted molar refractivity (Wildman–Crippen MR) is 193 cm³/mol. The van der Waals surface area contributed by atoms with Gasteiger partial charge in [-0.25, -0.2) is 17.9 Å². The number of rotatable bonds is 14. The van der Waals surface area contributed by atoms with Gasteiger partial charge in [0.15, 0.2) is 0 Å². The molecule has 0 aromatic heterocycles. The van der Waals surface area contributed by atoms with Gasteiger partial charge in [-0.05, 0) is 123 Å². The largest absolute Gasteiger partial charge is 0.491 e. The first-order valence-electron chi connectivity index (χ1n) is 16.9. The Morgan fingerprint density at radius 2 is 1.32 bits per heavy atom. The molecule has 0 saturated heterocycles. The summed E-state index contributed by atoms with van der Waals surface area (Å²) in [4.78, 5) is 12.7. The first-order chi connectivity index (χ1) is 21.9. The molecule has 0 fully saturated rings. The molecular weight excluding hydrogens is 609 g/mol. The highest BCUT2D eigenvalue weighted by Gasteiger charge is 2.27. The molecule has 3 aromatic carbocycles. The number of hydrogen-bond donors (Lipinski definition) is 2. The highest BCUT2D eigenvalue weighted by atomic mass is 32.2. The molecule has 0 aliphatic carbocycles. The standard InChI is InChI=1S/C39H56N2O5S/c1-25(2)32-23-35(26(3)4)37(36(24-32)27(5)6)47(43,44)40-21-20-31(22-29-12-18-34(19-13-29)45-28(7)8)30-14-16-33(17-15-30)41-38(42)46-39(9,10)11/h12-19,23-28,31,40H,20-22H2,1-11H3,(H,41,42)/t31-/m1/s1. The number of amides is 1. The Kier molecular flexibility index (Phi) is 13.1. The molecule has 0 aliphatic rings. The lowest BCUT2D eigenvalue weighted by Crippen LogP contribution is -2.29. The maximum Gasteiger partial charge on any atom is 0.412 e. The fraction of sp³-hybridized carbons (Fsp3) is 0.513. The minimum atomic E-state index is -3.79. The van der Waals surface area contributed by atoms with E-state index in [-0.39, 0.29) is 30.4 Å². The van der Waals surface area contributed by atoms with Gasteiger partial charge in [-0.2, -0.15) is 0 Å². The van der Waals surface area contributed by atoms with E-state index in [0.29, 0.717) is 29.3 Å². The topological polar surface area (TPSA) is 93.7 Å². The van der Waals surface area contributed by atoms with Gasteiger partial charge in [0.1, 0.15) is 11.4 Å². The number of carbonyl (C=O) groups is 1. The summed E-state index contributed by atoms with van der Waals surface area (Å²) in [5, 5.41) is 2.79. The first-order valence-corrected chi connectivity index (χ1v) is 18.4. The summed E-state index contributed by atoms with van der Waals surface area (Å²) in [5.74, 6) is 1.24. The van der Waals surface area contributed by atoms with E-state index in [1.165, 1.54) is 0 Å². The molecule has 3 rings (SSSR count). The Labute approximate surface area is 283 Å². The lowest BCUT2D eigenvalue weighted by Gasteiger charge is -2.24. The van der Waals surface area contributed by atoms with E-state index in [9.17, 15) is 13.2 Å². The normalized spacial score (nSPS) is 13.0. The number of ether oxygens (including phenoxy) is 2. The second-order valence-corrected chi connectivity index (χ2v) is 16.3. The second kappa shape index (κ2) is 16.2. The summed E-state index contributed by atoms with van der Waals surface area (Å²) in [6.45, 7) is 22.2. The molecule has 3 aromatic rings. The predicted octanol–water partition coefficient (Wildman–Crippen LogP) is 9.89. The molecule has 1 atom stereocenters. The van der Waals surface area contributed by atoms with Crippen LogP contribution < -0.4 is 14.8 Å². The second-order valence-electron chi connectivity index (χ2n) is 14.6. The zero-order valence-corrected chi connectivity index (χ0v) is 31.0. The van der Waals surface area contributed by atoms with Crippen LogP contribution >= 0.6 is 0 Å². The van der Waals surface area contributed by atoms with Crippen molar-refractivity contribution in [3.63, 3.8) is 0 Å². The van der Waals surface area contributed by atoms with E-state index in [0.717, 1.165) is 33.6 Å². The van der Waals surface area contributed by atoms with Crippen LogP contribution in [-0.2, 0) is 21.2 Å². The van der Waals surface area contributed by atoms with Gasteiger partial charge in [-0.15, -0.1) is 0 Å². The number of sulfonamides is 1. The third kappa shape index (κ3) is 11.4. The molecule has 0 bridgehead atoms. The number of nitrogens with one attached hydrogen (secondary N) is 2. The van der Waals surface area contributed by atoms with Gasteiger partial charge in [0.25, 0.3) is 0 Å². The number of benzene rings is 3. The van der Waals surface area contributed by atoms with Crippen molar-refractivity contribution in [3.8, 4) is 5.75 Å². The Bertz CT molecular complexity index is 1540. The number of hydrogen-bond acceptors (Lipinski definition) is 5. The molecule has 2 N–H and O–H groups in total. The summed E-state index contributed by atoms with van der Waals surface area (Å²) < 4.78 is 42.3. The van der Waals surface area contributed by atoms with E-state index in [1.54, 1.807) is 0 Å². The van der Waals surface area contributed by atoms with Crippen molar-refractivity contribution in [3.05, 3.63) is 88.5 Å². The van der Waals surface area contributed by atoms with E-state index >= 15 is 0 Å². The Hall–Kier alpha value is -3.36. The van der Waals surface area contributed by atoms with Gasteiger partial charge in [-0.3, -0.25) is 5.32 Å². The van der Waals surface area contributed by atoms with Crippen LogP contribution in [0.3, 0.4) is 0 Å². The smallest absolute Gasteiger partial charge is 0.412 e. The van der Waals surface area contributed by atoms with Gasteiger partial charge in [0, 0.05) is 12.2 Å². The van der Waals surface area contributed by atoms with Crippen LogP contribution in [0.1, 0.15) is 134 Å². The van der Waals surface area contributed by atoms with Crippen molar-refractivity contribution < 1.29 is 22.7 Å². The van der Waals surface area contributed by atoms with Crippen LogP contribution in [-0.4, -0.2) is 32.8 Å². The van der Waals surface area contributed by atoms with Gasteiger partial charge < -0.3 is 9.47 Å². The molecule has 0 aliphatic heterocycles. The van der Waals surface area contributed by atoms with Gasteiger partial charge in [-0.1, -0.05) is 77.9 Å². The quantitative estimate of drug-likeness (QED) is 0.179. The van der Waals surface area contributed by atoms with Crippen LogP contribution in [0.15, 0.2) is 65.6 Å². The van der Waals surface area contributed by atoms with E-state index < -0.39 is 21.7 Å². The zero-order chi connectivity index (χ0) is 35.1. The monoisotopic (exact) mass is 664 g/mol. The molecular formula is C39H56N2O5S. The Balaban J connectivity index is 1.88. The molecule has 7 nitrogen and oxygen atoms in total. The van der Waals surface area contributed by atoms with Crippen molar-refractivity contribution in [2.45, 2.75) is 129 Å². The fourth-order valence-corrected chi connectivity index (χ4v) is 7.29. The first kappa shape index (κ1) is 38.1. The average Bonchev–Trinajstić information content (AvgIpc) is 2.95. The van der Waals surface area contributed by atoms with Crippen LogP contribution in [0.4, 0.5) is 10.5 Å². The van der Waals surface area contributed by atoms with Crippen molar-refractivity contribution in [1.82, 2.24) is 4.72 Å². The molecule has 0 heterocycles. The molecule has 0 unspecified atom stereocenters. The zero-order valence-electron chi connectivity index (χ0n) is 30.2. The van der Waals surface area contributed by atoms with Crippen molar-refractivity contribution >= 4 is 21.8 Å². The maximum absolute atomic E-state index is 14.0. The number of carbonyl (C=O) groups excluding carboxylic acids is 1. The van der Waals surface area contributed by atoms with Crippen LogP contribution in [0.25, 0.3) is 0 Å². The third-order valence-corrected chi connectivity index (χ3v) is 9.53. The highest BCUT2D eigenvalue weighted by Crippen LogP contribution is 2.35. The van der Waals surface area contributed by atoms with Crippen molar-refractivity contribution in [2.24, 2.45) is 0 Å². The Morgan fingerprint density at radius 1 is 0.766 bits per heavy atom. The summed E-state index contributed by atoms with van der Waals surface area (Å²) >= 11 is 0. The van der Waals surface area contributed by atoms with E-state index in [4.69, 9.17) is 9.47 Å². The van der Waals surface area contributed by atoms with Crippen LogP contribution in [0, 0.1) is 0 Å². The van der Waals surface area contributed by atoms with E-state index in [2.05, 4.69) is 75.8 Å². The van der Waals surface area contributed by atoms with Crippen molar-refractivity contribution in [2.75, 3.05) is 11.9 Å².